The lowest BCUT2D eigenvalue weighted by Crippen LogP contribution is -2.41. The number of carbonyl (C=O) groups is 1. The number of hydrogen-bond acceptors (Lipinski definition) is 3. The van der Waals surface area contributed by atoms with Gasteiger partial charge in [-0.1, -0.05) is 30.3 Å². The molecule has 2 aromatic carbocycles. The summed E-state index contributed by atoms with van der Waals surface area (Å²) in [5, 5.41) is 0. The molecule has 0 atom stereocenters. The van der Waals surface area contributed by atoms with E-state index in [0.29, 0.717) is 31.9 Å². The minimum absolute atomic E-state index is 0.00191. The van der Waals surface area contributed by atoms with Crippen molar-refractivity contribution in [3.8, 4) is 0 Å². The van der Waals surface area contributed by atoms with Gasteiger partial charge in [0.25, 0.3) is 0 Å². The molecule has 0 bridgehead atoms. The van der Waals surface area contributed by atoms with Crippen molar-refractivity contribution in [1.82, 2.24) is 4.90 Å². The zero-order valence-electron chi connectivity index (χ0n) is 14.7. The van der Waals surface area contributed by atoms with E-state index in [1.165, 1.54) is 12.1 Å². The van der Waals surface area contributed by atoms with Crippen LogP contribution in [0.15, 0.2) is 54.6 Å². The standard InChI is InChI=1S/C20H26FN3O/c1-2-24(19-11-9-18(21)10-12-19)20(25)16-23(14-6-13-22)15-17-7-4-3-5-8-17/h3-5,7-12H,2,6,13-16,22H2,1H3. The summed E-state index contributed by atoms with van der Waals surface area (Å²) < 4.78 is 13.1. The van der Waals surface area contributed by atoms with Crippen molar-refractivity contribution in [3.05, 3.63) is 66.0 Å². The maximum absolute atomic E-state index is 13.1. The predicted molar refractivity (Wildman–Crippen MR) is 99.8 cm³/mol. The van der Waals surface area contributed by atoms with Crippen LogP contribution in [0, 0.1) is 5.82 Å². The Balaban J connectivity index is 2.06. The van der Waals surface area contributed by atoms with Crippen LogP contribution in [-0.4, -0.2) is 37.0 Å². The highest BCUT2D eigenvalue weighted by Crippen LogP contribution is 2.16. The first kappa shape index (κ1) is 19.1. The van der Waals surface area contributed by atoms with Gasteiger partial charge in [-0.3, -0.25) is 9.69 Å². The quantitative estimate of drug-likeness (QED) is 0.761. The number of carbonyl (C=O) groups excluding carboxylic acids is 1. The number of nitrogens with zero attached hydrogens (tertiary/aromatic N) is 2. The first-order valence-electron chi connectivity index (χ1n) is 8.66. The molecular weight excluding hydrogens is 317 g/mol. The number of amides is 1. The summed E-state index contributed by atoms with van der Waals surface area (Å²) in [7, 11) is 0. The molecule has 5 heteroatoms. The van der Waals surface area contributed by atoms with E-state index in [0.717, 1.165) is 18.5 Å². The number of halogens is 1. The Morgan fingerprint density at radius 1 is 1.08 bits per heavy atom. The van der Waals surface area contributed by atoms with E-state index >= 15 is 0 Å². The van der Waals surface area contributed by atoms with E-state index < -0.39 is 0 Å². The Kier molecular flexibility index (Phi) is 7.57. The molecule has 0 saturated heterocycles. The summed E-state index contributed by atoms with van der Waals surface area (Å²) >= 11 is 0. The van der Waals surface area contributed by atoms with Crippen LogP contribution in [0.25, 0.3) is 0 Å². The Bertz CT molecular complexity index is 646. The second kappa shape index (κ2) is 9.91. The van der Waals surface area contributed by atoms with Crippen LogP contribution < -0.4 is 10.6 Å². The molecule has 25 heavy (non-hydrogen) atoms. The van der Waals surface area contributed by atoms with Crippen LogP contribution in [0.5, 0.6) is 0 Å². The molecule has 0 spiro atoms. The van der Waals surface area contributed by atoms with E-state index in [4.69, 9.17) is 5.73 Å². The molecule has 134 valence electrons. The number of anilines is 1. The topological polar surface area (TPSA) is 49.6 Å². The Hall–Kier alpha value is -2.24. The molecule has 0 radical (unpaired) electrons. The molecule has 0 saturated carbocycles. The van der Waals surface area contributed by atoms with E-state index in [2.05, 4.69) is 17.0 Å². The number of benzene rings is 2. The molecule has 0 fully saturated rings. The molecule has 1 amide bonds. The molecule has 0 aromatic heterocycles. The van der Waals surface area contributed by atoms with E-state index in [-0.39, 0.29) is 11.7 Å². The van der Waals surface area contributed by atoms with Gasteiger partial charge in [-0.05, 0) is 49.7 Å². The van der Waals surface area contributed by atoms with Gasteiger partial charge in [-0.2, -0.15) is 0 Å². The third-order valence-electron chi connectivity index (χ3n) is 4.04. The van der Waals surface area contributed by atoms with E-state index in [9.17, 15) is 9.18 Å². The summed E-state index contributed by atoms with van der Waals surface area (Å²) in [4.78, 5) is 16.6. The smallest absolute Gasteiger partial charge is 0.241 e. The van der Waals surface area contributed by atoms with Crippen molar-refractivity contribution in [1.29, 1.82) is 0 Å². The highest BCUT2D eigenvalue weighted by molar-refractivity contribution is 5.94. The van der Waals surface area contributed by atoms with Crippen molar-refractivity contribution >= 4 is 11.6 Å². The molecular formula is C20H26FN3O. The fraction of sp³-hybridized carbons (Fsp3) is 0.350. The Morgan fingerprint density at radius 3 is 2.36 bits per heavy atom. The third-order valence-corrected chi connectivity index (χ3v) is 4.04. The van der Waals surface area contributed by atoms with Gasteiger partial charge in [-0.15, -0.1) is 0 Å². The van der Waals surface area contributed by atoms with Gasteiger partial charge < -0.3 is 10.6 Å². The van der Waals surface area contributed by atoms with Crippen molar-refractivity contribution in [2.24, 2.45) is 5.73 Å². The molecule has 2 aromatic rings. The van der Waals surface area contributed by atoms with Gasteiger partial charge in [0.15, 0.2) is 0 Å². The van der Waals surface area contributed by atoms with Gasteiger partial charge >= 0.3 is 0 Å². The number of rotatable bonds is 9. The summed E-state index contributed by atoms with van der Waals surface area (Å²) in [5.41, 5.74) is 7.51. The van der Waals surface area contributed by atoms with Gasteiger partial charge in [0, 0.05) is 25.3 Å². The highest BCUT2D eigenvalue weighted by Gasteiger charge is 2.18. The summed E-state index contributed by atoms with van der Waals surface area (Å²) in [6.45, 7) is 4.82. The molecule has 0 aliphatic heterocycles. The van der Waals surface area contributed by atoms with Crippen LogP contribution in [0.1, 0.15) is 18.9 Å². The minimum Gasteiger partial charge on any atom is -0.330 e. The fourth-order valence-corrected chi connectivity index (χ4v) is 2.77. The van der Waals surface area contributed by atoms with Gasteiger partial charge in [-0.25, -0.2) is 4.39 Å². The van der Waals surface area contributed by atoms with Crippen molar-refractivity contribution in [3.63, 3.8) is 0 Å². The SMILES string of the molecule is CCN(C(=O)CN(CCCN)Cc1ccccc1)c1ccc(F)cc1. The molecule has 2 rings (SSSR count). The van der Waals surface area contributed by atoms with Gasteiger partial charge in [0.2, 0.25) is 5.91 Å². The molecule has 0 aliphatic rings. The van der Waals surface area contributed by atoms with Gasteiger partial charge in [0.1, 0.15) is 5.82 Å². The normalized spacial score (nSPS) is 10.9. The highest BCUT2D eigenvalue weighted by atomic mass is 19.1. The number of nitrogens with two attached hydrogens (primary N) is 1. The van der Waals surface area contributed by atoms with Crippen LogP contribution in [0.3, 0.4) is 0 Å². The summed E-state index contributed by atoms with van der Waals surface area (Å²) in [6.07, 6.45) is 0.836. The molecule has 0 aliphatic carbocycles. The molecule has 0 unspecified atom stereocenters. The fourth-order valence-electron chi connectivity index (χ4n) is 2.77. The third kappa shape index (κ3) is 5.96. The van der Waals surface area contributed by atoms with Gasteiger partial charge in [0.05, 0.1) is 6.54 Å². The maximum Gasteiger partial charge on any atom is 0.241 e. The second-order valence-corrected chi connectivity index (χ2v) is 5.95. The summed E-state index contributed by atoms with van der Waals surface area (Å²) in [5.74, 6) is -0.303. The molecule has 4 nitrogen and oxygen atoms in total. The van der Waals surface area contributed by atoms with Crippen LogP contribution in [0.4, 0.5) is 10.1 Å². The minimum atomic E-state index is -0.305. The van der Waals surface area contributed by atoms with E-state index in [1.54, 1.807) is 17.0 Å². The predicted octanol–water partition coefficient (Wildman–Crippen LogP) is 3.03. The van der Waals surface area contributed by atoms with Crippen molar-refractivity contribution in [2.45, 2.75) is 19.9 Å². The van der Waals surface area contributed by atoms with Crippen LogP contribution in [0.2, 0.25) is 0 Å². The van der Waals surface area contributed by atoms with Crippen molar-refractivity contribution < 1.29 is 9.18 Å². The number of likely N-dealkylation sites (N-methyl/N-ethyl adjacent to an activating group) is 1. The lowest BCUT2D eigenvalue weighted by Gasteiger charge is -2.27. The zero-order valence-corrected chi connectivity index (χ0v) is 14.7. The largest absolute Gasteiger partial charge is 0.330 e. The number of hydrogen-bond donors (Lipinski definition) is 1. The monoisotopic (exact) mass is 343 g/mol. The first-order valence-corrected chi connectivity index (χ1v) is 8.66. The molecule has 0 heterocycles. The van der Waals surface area contributed by atoms with Crippen molar-refractivity contribution in [2.75, 3.05) is 31.1 Å². The summed E-state index contributed by atoms with van der Waals surface area (Å²) in [6, 6.07) is 16.1. The molecule has 2 N–H and O–H groups in total. The first-order chi connectivity index (χ1) is 12.1. The average molecular weight is 343 g/mol. The van der Waals surface area contributed by atoms with Crippen LogP contribution in [-0.2, 0) is 11.3 Å². The lowest BCUT2D eigenvalue weighted by molar-refractivity contribution is -0.119. The Morgan fingerprint density at radius 2 is 1.76 bits per heavy atom. The van der Waals surface area contributed by atoms with E-state index in [1.807, 2.05) is 25.1 Å². The lowest BCUT2D eigenvalue weighted by atomic mass is 10.2. The zero-order chi connectivity index (χ0) is 18.1. The Labute approximate surface area is 149 Å². The second-order valence-electron chi connectivity index (χ2n) is 5.95. The average Bonchev–Trinajstić information content (AvgIpc) is 2.63. The maximum atomic E-state index is 13.1. The van der Waals surface area contributed by atoms with Crippen LogP contribution >= 0.6 is 0 Å².